The molecular formula is C15H23N3O2. The first-order valence-electron chi connectivity index (χ1n) is 7.40. The second kappa shape index (κ2) is 5.39. The van der Waals surface area contributed by atoms with Gasteiger partial charge in [0, 0.05) is 51.8 Å². The van der Waals surface area contributed by atoms with Gasteiger partial charge in [0.15, 0.2) is 5.82 Å². The first kappa shape index (κ1) is 13.9. The first-order chi connectivity index (χ1) is 9.66. The van der Waals surface area contributed by atoms with Gasteiger partial charge in [-0.25, -0.2) is 9.97 Å². The third-order valence-electron chi connectivity index (χ3n) is 4.36. The molecule has 0 radical (unpaired) electrons. The van der Waals surface area contributed by atoms with Gasteiger partial charge in [0.25, 0.3) is 0 Å². The number of nitrogens with zero attached hydrogens (tertiary/aromatic N) is 2. The molecule has 3 rings (SSSR count). The van der Waals surface area contributed by atoms with Gasteiger partial charge in [-0.15, -0.1) is 0 Å². The number of ether oxygens (including phenoxy) is 2. The monoisotopic (exact) mass is 277 g/mol. The molecule has 3 heterocycles. The van der Waals surface area contributed by atoms with Gasteiger partial charge in [0.1, 0.15) is 5.60 Å². The molecule has 0 spiro atoms. The highest BCUT2D eigenvalue weighted by molar-refractivity contribution is 5.32. The van der Waals surface area contributed by atoms with Crippen molar-refractivity contribution in [1.82, 2.24) is 15.3 Å². The molecule has 0 amide bonds. The van der Waals surface area contributed by atoms with E-state index in [1.165, 1.54) is 5.56 Å². The molecule has 110 valence electrons. The third-order valence-corrected chi connectivity index (χ3v) is 4.36. The van der Waals surface area contributed by atoms with E-state index in [4.69, 9.17) is 19.4 Å². The van der Waals surface area contributed by atoms with Crippen LogP contribution in [0.5, 0.6) is 0 Å². The van der Waals surface area contributed by atoms with E-state index in [1.54, 1.807) is 7.11 Å². The minimum Gasteiger partial charge on any atom is -0.381 e. The van der Waals surface area contributed by atoms with Crippen molar-refractivity contribution in [1.29, 1.82) is 0 Å². The number of hydrogen-bond acceptors (Lipinski definition) is 5. The molecule has 1 saturated heterocycles. The summed E-state index contributed by atoms with van der Waals surface area (Å²) in [5.74, 6) is 1.24. The van der Waals surface area contributed by atoms with Crippen LogP contribution in [0.25, 0.3) is 0 Å². The SMILES string of the molecule is COC1(c2nc3c(c(C(C)C)n2)CNC3)CCOCC1. The van der Waals surface area contributed by atoms with Crippen LogP contribution in [0, 0.1) is 0 Å². The van der Waals surface area contributed by atoms with Crippen molar-refractivity contribution < 1.29 is 9.47 Å². The summed E-state index contributed by atoms with van der Waals surface area (Å²) in [6.45, 7) is 7.52. The Kier molecular flexibility index (Phi) is 3.75. The third kappa shape index (κ3) is 2.24. The number of fused-ring (bicyclic) bond motifs is 1. The molecule has 5 heteroatoms. The molecule has 2 aliphatic heterocycles. The average molecular weight is 277 g/mol. The number of hydrogen-bond donors (Lipinski definition) is 1. The van der Waals surface area contributed by atoms with Crippen molar-refractivity contribution in [2.24, 2.45) is 0 Å². The zero-order valence-corrected chi connectivity index (χ0v) is 12.5. The van der Waals surface area contributed by atoms with Gasteiger partial charge in [-0.3, -0.25) is 0 Å². The molecule has 1 N–H and O–H groups in total. The van der Waals surface area contributed by atoms with E-state index in [0.29, 0.717) is 19.1 Å². The van der Waals surface area contributed by atoms with Crippen molar-refractivity contribution in [2.45, 2.75) is 51.3 Å². The number of methoxy groups -OCH3 is 1. The summed E-state index contributed by atoms with van der Waals surface area (Å²) in [5.41, 5.74) is 3.21. The Bertz CT molecular complexity index is 496. The van der Waals surface area contributed by atoms with E-state index in [1.807, 2.05) is 0 Å². The molecule has 0 saturated carbocycles. The highest BCUT2D eigenvalue weighted by Crippen LogP contribution is 2.35. The minimum atomic E-state index is -0.375. The largest absolute Gasteiger partial charge is 0.381 e. The summed E-state index contributed by atoms with van der Waals surface area (Å²) >= 11 is 0. The topological polar surface area (TPSA) is 56.3 Å². The Morgan fingerprint density at radius 2 is 1.95 bits per heavy atom. The summed E-state index contributed by atoms with van der Waals surface area (Å²) in [7, 11) is 1.76. The summed E-state index contributed by atoms with van der Waals surface area (Å²) in [5, 5.41) is 3.38. The van der Waals surface area contributed by atoms with E-state index in [9.17, 15) is 0 Å². The van der Waals surface area contributed by atoms with Crippen molar-refractivity contribution in [3.05, 3.63) is 22.8 Å². The van der Waals surface area contributed by atoms with E-state index in [-0.39, 0.29) is 5.60 Å². The fraction of sp³-hybridized carbons (Fsp3) is 0.733. The summed E-state index contributed by atoms with van der Waals surface area (Å²) < 4.78 is 11.3. The molecule has 0 bridgehead atoms. The lowest BCUT2D eigenvalue weighted by atomic mass is 9.92. The van der Waals surface area contributed by atoms with Crippen LogP contribution in [-0.4, -0.2) is 30.3 Å². The first-order valence-corrected chi connectivity index (χ1v) is 7.40. The number of rotatable bonds is 3. The predicted molar refractivity (Wildman–Crippen MR) is 75.4 cm³/mol. The van der Waals surface area contributed by atoms with Crippen LogP contribution < -0.4 is 5.32 Å². The number of aromatic nitrogens is 2. The molecule has 1 fully saturated rings. The molecular weight excluding hydrogens is 254 g/mol. The summed E-state index contributed by atoms with van der Waals surface area (Å²) in [6.07, 6.45) is 1.65. The Morgan fingerprint density at radius 3 is 2.60 bits per heavy atom. The molecule has 0 aromatic carbocycles. The molecule has 1 aromatic rings. The van der Waals surface area contributed by atoms with Crippen molar-refractivity contribution in [3.8, 4) is 0 Å². The Morgan fingerprint density at radius 1 is 1.20 bits per heavy atom. The van der Waals surface area contributed by atoms with Gasteiger partial charge < -0.3 is 14.8 Å². The molecule has 1 aromatic heterocycles. The number of nitrogens with one attached hydrogen (secondary N) is 1. The lowest BCUT2D eigenvalue weighted by Crippen LogP contribution is -2.38. The zero-order chi connectivity index (χ0) is 14.2. The Hall–Kier alpha value is -1.04. The molecule has 5 nitrogen and oxygen atoms in total. The predicted octanol–water partition coefficient (Wildman–Crippen LogP) is 1.86. The van der Waals surface area contributed by atoms with Crippen LogP contribution in [0.2, 0.25) is 0 Å². The fourth-order valence-corrected chi connectivity index (χ4v) is 3.10. The Labute approximate surface area is 120 Å². The normalized spacial score (nSPS) is 21.2. The van der Waals surface area contributed by atoms with Crippen molar-refractivity contribution >= 4 is 0 Å². The van der Waals surface area contributed by atoms with E-state index < -0.39 is 0 Å². The van der Waals surface area contributed by atoms with E-state index in [0.717, 1.165) is 43.1 Å². The zero-order valence-electron chi connectivity index (χ0n) is 12.5. The second-order valence-electron chi connectivity index (χ2n) is 5.93. The van der Waals surface area contributed by atoms with Crippen LogP contribution in [0.15, 0.2) is 0 Å². The maximum atomic E-state index is 5.83. The summed E-state index contributed by atoms with van der Waals surface area (Å²) in [4.78, 5) is 9.69. The summed E-state index contributed by atoms with van der Waals surface area (Å²) in [6, 6.07) is 0. The van der Waals surface area contributed by atoms with Gasteiger partial charge in [-0.2, -0.15) is 0 Å². The maximum absolute atomic E-state index is 5.83. The highest BCUT2D eigenvalue weighted by atomic mass is 16.5. The van der Waals surface area contributed by atoms with Crippen molar-refractivity contribution in [3.63, 3.8) is 0 Å². The van der Waals surface area contributed by atoms with Gasteiger partial charge in [0.2, 0.25) is 0 Å². The van der Waals surface area contributed by atoms with E-state index >= 15 is 0 Å². The van der Waals surface area contributed by atoms with Crippen LogP contribution in [0.3, 0.4) is 0 Å². The van der Waals surface area contributed by atoms with Gasteiger partial charge in [-0.1, -0.05) is 13.8 Å². The smallest absolute Gasteiger partial charge is 0.161 e. The minimum absolute atomic E-state index is 0.375. The molecule has 0 atom stereocenters. The fourth-order valence-electron chi connectivity index (χ4n) is 3.10. The average Bonchev–Trinajstić information content (AvgIpc) is 2.95. The quantitative estimate of drug-likeness (QED) is 0.914. The van der Waals surface area contributed by atoms with Gasteiger partial charge >= 0.3 is 0 Å². The molecule has 0 aliphatic carbocycles. The lowest BCUT2D eigenvalue weighted by molar-refractivity contribution is -0.100. The lowest BCUT2D eigenvalue weighted by Gasteiger charge is -2.35. The second-order valence-corrected chi connectivity index (χ2v) is 5.93. The molecule has 0 unspecified atom stereocenters. The highest BCUT2D eigenvalue weighted by Gasteiger charge is 2.39. The van der Waals surface area contributed by atoms with Gasteiger partial charge in [0.05, 0.1) is 11.4 Å². The maximum Gasteiger partial charge on any atom is 0.161 e. The van der Waals surface area contributed by atoms with Crippen LogP contribution in [-0.2, 0) is 28.2 Å². The standard InChI is InChI=1S/C15H23N3O2/c1-10(2)13-11-8-16-9-12(11)17-14(18-13)15(19-3)4-6-20-7-5-15/h10,16H,4-9H2,1-3H3. The van der Waals surface area contributed by atoms with E-state index in [2.05, 4.69) is 19.2 Å². The molecule has 2 aliphatic rings. The van der Waals surface area contributed by atoms with Crippen molar-refractivity contribution in [2.75, 3.05) is 20.3 Å². The van der Waals surface area contributed by atoms with Crippen LogP contribution >= 0.6 is 0 Å². The van der Waals surface area contributed by atoms with Gasteiger partial charge in [-0.05, 0) is 5.92 Å². The van der Waals surface area contributed by atoms with Crippen LogP contribution in [0.4, 0.5) is 0 Å². The van der Waals surface area contributed by atoms with Crippen LogP contribution in [0.1, 0.15) is 55.4 Å². The Balaban J connectivity index is 2.07. The molecule has 20 heavy (non-hydrogen) atoms.